The molecule has 1 aromatic heterocycles. The Balaban J connectivity index is 2.34. The number of hydrogen-bond donors (Lipinski definition) is 1. The lowest BCUT2D eigenvalue weighted by atomic mass is 10.6. The van der Waals surface area contributed by atoms with Crippen LogP contribution in [0.2, 0.25) is 25.7 Å². The van der Waals surface area contributed by atoms with E-state index < -0.39 is 8.07 Å². The second-order valence-electron chi connectivity index (χ2n) is 4.85. The first kappa shape index (κ1) is 12.9. The van der Waals surface area contributed by atoms with E-state index in [0.717, 1.165) is 12.7 Å². The fourth-order valence-electron chi connectivity index (χ4n) is 1.15. The molecule has 0 saturated carbocycles. The number of nitrogens with zero attached hydrogens (tertiary/aromatic N) is 3. The lowest BCUT2D eigenvalue weighted by molar-refractivity contribution is 0.0868. The molecule has 0 aromatic carbocycles. The number of imidazole rings is 1. The predicted octanol–water partition coefficient (Wildman–Crippen LogP) is 2.00. The average molecular weight is 241 g/mol. The van der Waals surface area contributed by atoms with Gasteiger partial charge in [0.1, 0.15) is 12.9 Å². The lowest BCUT2D eigenvalue weighted by Gasteiger charge is -2.15. The second kappa shape index (κ2) is 5.81. The molecule has 0 saturated heterocycles. The molecule has 5 nitrogen and oxygen atoms in total. The summed E-state index contributed by atoms with van der Waals surface area (Å²) in [7, 11) is -1.02. The Bertz CT molecular complexity index is 344. The third-order valence-corrected chi connectivity index (χ3v) is 3.85. The van der Waals surface area contributed by atoms with E-state index in [1.165, 1.54) is 6.21 Å². The predicted molar refractivity (Wildman–Crippen MR) is 65.7 cm³/mol. The summed E-state index contributed by atoms with van der Waals surface area (Å²) >= 11 is 0. The molecule has 0 atom stereocenters. The van der Waals surface area contributed by atoms with Crippen molar-refractivity contribution in [3.05, 3.63) is 18.2 Å². The van der Waals surface area contributed by atoms with Gasteiger partial charge in [0.15, 0.2) is 5.82 Å². The largest absolute Gasteiger partial charge is 0.411 e. The van der Waals surface area contributed by atoms with Gasteiger partial charge in [-0.05, 0) is 6.04 Å². The van der Waals surface area contributed by atoms with Crippen molar-refractivity contribution in [2.75, 3.05) is 6.61 Å². The molecule has 0 aliphatic rings. The molecular formula is C10H19N3O2Si. The Morgan fingerprint density at radius 1 is 1.56 bits per heavy atom. The molecule has 16 heavy (non-hydrogen) atoms. The molecule has 0 bridgehead atoms. The SMILES string of the molecule is C[Si](C)(C)CCOCn1ccnc1/C=N/O. The minimum atomic E-state index is -1.02. The summed E-state index contributed by atoms with van der Waals surface area (Å²) in [6.45, 7) is 8.17. The topological polar surface area (TPSA) is 59.6 Å². The van der Waals surface area contributed by atoms with Crippen LogP contribution in [-0.4, -0.2) is 35.7 Å². The van der Waals surface area contributed by atoms with E-state index >= 15 is 0 Å². The van der Waals surface area contributed by atoms with E-state index in [1.54, 1.807) is 17.0 Å². The van der Waals surface area contributed by atoms with Gasteiger partial charge in [-0.25, -0.2) is 4.98 Å². The summed E-state index contributed by atoms with van der Waals surface area (Å²) in [6, 6.07) is 1.14. The van der Waals surface area contributed by atoms with Crippen LogP contribution in [0.3, 0.4) is 0 Å². The molecule has 1 N–H and O–H groups in total. The van der Waals surface area contributed by atoms with Gasteiger partial charge in [0, 0.05) is 27.1 Å². The van der Waals surface area contributed by atoms with Crippen molar-refractivity contribution in [1.29, 1.82) is 0 Å². The molecule has 0 amide bonds. The maximum atomic E-state index is 8.42. The lowest BCUT2D eigenvalue weighted by Crippen LogP contribution is -2.22. The molecule has 1 heterocycles. The number of hydrogen-bond acceptors (Lipinski definition) is 4. The van der Waals surface area contributed by atoms with Crippen LogP contribution in [0.25, 0.3) is 0 Å². The Kier molecular flexibility index (Phi) is 4.69. The third kappa shape index (κ3) is 4.58. The molecular weight excluding hydrogens is 222 g/mol. The standard InChI is InChI=1S/C10H19N3O2Si/c1-16(2,3)7-6-15-9-13-5-4-11-10(13)8-12-14/h4-5,8,14H,6-7,9H2,1-3H3/b12-8+. The fourth-order valence-corrected chi connectivity index (χ4v) is 1.91. The Hall–Kier alpha value is -1.14. The quantitative estimate of drug-likeness (QED) is 0.272. The third-order valence-electron chi connectivity index (χ3n) is 2.15. The highest BCUT2D eigenvalue weighted by Gasteiger charge is 2.12. The van der Waals surface area contributed by atoms with Crippen LogP contribution in [0.5, 0.6) is 0 Å². The molecule has 0 aliphatic heterocycles. The van der Waals surface area contributed by atoms with Gasteiger partial charge >= 0.3 is 0 Å². The molecule has 90 valence electrons. The van der Waals surface area contributed by atoms with E-state index in [9.17, 15) is 0 Å². The number of rotatable bonds is 6. The van der Waals surface area contributed by atoms with E-state index in [1.807, 2.05) is 0 Å². The molecule has 0 unspecified atom stereocenters. The molecule has 1 rings (SSSR count). The van der Waals surface area contributed by atoms with Crippen LogP contribution in [0.15, 0.2) is 17.5 Å². The van der Waals surface area contributed by atoms with Crippen molar-refractivity contribution in [2.24, 2.45) is 5.16 Å². The average Bonchev–Trinajstić information content (AvgIpc) is 2.60. The van der Waals surface area contributed by atoms with Crippen LogP contribution in [-0.2, 0) is 11.5 Å². The van der Waals surface area contributed by atoms with Crippen LogP contribution >= 0.6 is 0 Å². The number of ether oxygens (including phenoxy) is 1. The van der Waals surface area contributed by atoms with E-state index in [0.29, 0.717) is 12.6 Å². The van der Waals surface area contributed by atoms with Crippen LogP contribution < -0.4 is 0 Å². The van der Waals surface area contributed by atoms with Gasteiger partial charge in [0.05, 0.1) is 0 Å². The maximum absolute atomic E-state index is 8.42. The van der Waals surface area contributed by atoms with Crippen LogP contribution in [0.1, 0.15) is 5.82 Å². The Morgan fingerprint density at radius 3 is 2.94 bits per heavy atom. The number of aromatic nitrogens is 2. The summed E-state index contributed by atoms with van der Waals surface area (Å²) in [5, 5.41) is 11.4. The van der Waals surface area contributed by atoms with Crippen molar-refractivity contribution in [2.45, 2.75) is 32.4 Å². The zero-order valence-corrected chi connectivity index (χ0v) is 11.1. The minimum Gasteiger partial charge on any atom is -0.411 e. The monoisotopic (exact) mass is 241 g/mol. The zero-order chi connectivity index (χ0) is 12.0. The summed E-state index contributed by atoms with van der Waals surface area (Å²) in [4.78, 5) is 4.02. The fraction of sp³-hybridized carbons (Fsp3) is 0.600. The van der Waals surface area contributed by atoms with Gasteiger partial charge in [-0.2, -0.15) is 0 Å². The van der Waals surface area contributed by atoms with Gasteiger partial charge in [0.25, 0.3) is 0 Å². The van der Waals surface area contributed by atoms with Crippen LogP contribution in [0, 0.1) is 0 Å². The summed E-state index contributed by atoms with van der Waals surface area (Å²) < 4.78 is 7.35. The molecule has 6 heteroatoms. The first-order valence-electron chi connectivity index (χ1n) is 5.29. The Labute approximate surface area is 96.8 Å². The Morgan fingerprint density at radius 2 is 2.31 bits per heavy atom. The highest BCUT2D eigenvalue weighted by molar-refractivity contribution is 6.76. The normalized spacial score (nSPS) is 12.4. The van der Waals surface area contributed by atoms with E-state index in [-0.39, 0.29) is 0 Å². The van der Waals surface area contributed by atoms with Gasteiger partial charge in [-0.1, -0.05) is 24.8 Å². The summed E-state index contributed by atoms with van der Waals surface area (Å²) in [5.41, 5.74) is 0. The first-order chi connectivity index (χ1) is 7.53. The minimum absolute atomic E-state index is 0.450. The molecule has 0 fully saturated rings. The van der Waals surface area contributed by atoms with Crippen molar-refractivity contribution in [3.8, 4) is 0 Å². The van der Waals surface area contributed by atoms with Gasteiger partial charge in [-0.3, -0.25) is 0 Å². The zero-order valence-electron chi connectivity index (χ0n) is 10.1. The van der Waals surface area contributed by atoms with Crippen molar-refractivity contribution in [3.63, 3.8) is 0 Å². The van der Waals surface area contributed by atoms with Crippen molar-refractivity contribution in [1.82, 2.24) is 9.55 Å². The van der Waals surface area contributed by atoms with Gasteiger partial charge in [-0.15, -0.1) is 0 Å². The molecule has 0 radical (unpaired) electrons. The maximum Gasteiger partial charge on any atom is 0.156 e. The van der Waals surface area contributed by atoms with E-state index in [4.69, 9.17) is 9.94 Å². The van der Waals surface area contributed by atoms with Crippen molar-refractivity contribution >= 4 is 14.3 Å². The van der Waals surface area contributed by atoms with E-state index in [2.05, 4.69) is 29.8 Å². The molecule has 1 aromatic rings. The summed E-state index contributed by atoms with van der Waals surface area (Å²) in [5.74, 6) is 0.593. The van der Waals surface area contributed by atoms with Crippen molar-refractivity contribution < 1.29 is 9.94 Å². The molecule has 0 spiro atoms. The number of oxime groups is 1. The first-order valence-corrected chi connectivity index (χ1v) is 9.00. The summed E-state index contributed by atoms with van der Waals surface area (Å²) in [6.07, 6.45) is 4.74. The van der Waals surface area contributed by atoms with Crippen LogP contribution in [0.4, 0.5) is 0 Å². The molecule has 0 aliphatic carbocycles. The highest BCUT2D eigenvalue weighted by atomic mass is 28.3. The second-order valence-corrected chi connectivity index (χ2v) is 10.5. The smallest absolute Gasteiger partial charge is 0.156 e. The highest BCUT2D eigenvalue weighted by Crippen LogP contribution is 2.08. The van der Waals surface area contributed by atoms with Gasteiger partial charge < -0.3 is 14.5 Å². The van der Waals surface area contributed by atoms with Gasteiger partial charge in [0.2, 0.25) is 0 Å².